The number of halogens is 1. The Bertz CT molecular complexity index is 1000. The van der Waals surface area contributed by atoms with Gasteiger partial charge >= 0.3 is 0 Å². The Hall–Kier alpha value is -1.85. The van der Waals surface area contributed by atoms with Gasteiger partial charge in [-0.3, -0.25) is 4.79 Å². The van der Waals surface area contributed by atoms with Crippen LogP contribution in [-0.4, -0.2) is 69.1 Å². The summed E-state index contributed by atoms with van der Waals surface area (Å²) in [6, 6.07) is 7.22. The molecule has 2 aromatic rings. The lowest BCUT2D eigenvalue weighted by molar-refractivity contribution is 0.0506. The molecule has 3 heterocycles. The molecule has 168 valence electrons. The molecule has 1 atom stereocenters. The van der Waals surface area contributed by atoms with Gasteiger partial charge in [-0.2, -0.15) is 4.31 Å². The molecule has 1 aromatic heterocycles. The van der Waals surface area contributed by atoms with Crippen LogP contribution in [0.2, 0.25) is 0 Å². The summed E-state index contributed by atoms with van der Waals surface area (Å²) in [5.74, 6) is -1.28. The van der Waals surface area contributed by atoms with E-state index in [1.54, 1.807) is 4.90 Å². The van der Waals surface area contributed by atoms with Crippen LogP contribution in [0.5, 0.6) is 0 Å². The topological polar surface area (TPSA) is 76.2 Å². The van der Waals surface area contributed by atoms with Crippen LogP contribution in [0.15, 0.2) is 40.6 Å². The van der Waals surface area contributed by atoms with Crippen molar-refractivity contribution in [3.63, 3.8) is 0 Å². The molecule has 1 aromatic carbocycles. The van der Waals surface area contributed by atoms with Gasteiger partial charge in [-0.15, -0.1) is 11.3 Å². The van der Waals surface area contributed by atoms with Gasteiger partial charge in [0, 0.05) is 31.1 Å². The number of nitrogens with zero attached hydrogens (tertiary/aromatic N) is 2. The zero-order chi connectivity index (χ0) is 21.8. The molecule has 1 unspecified atom stereocenters. The Balaban J connectivity index is 1.62. The molecule has 0 saturated carbocycles. The first kappa shape index (κ1) is 22.3. The van der Waals surface area contributed by atoms with Crippen molar-refractivity contribution in [2.24, 2.45) is 0 Å². The van der Waals surface area contributed by atoms with Gasteiger partial charge in [0.25, 0.3) is 5.91 Å². The lowest BCUT2D eigenvalue weighted by atomic mass is 10.1. The molecule has 0 radical (unpaired) electrons. The number of hydrogen-bond donors (Lipinski definition) is 0. The number of carbonyl (C=O) groups excluding carboxylic acids is 1. The molecule has 0 spiro atoms. The zero-order valence-electron chi connectivity index (χ0n) is 17.0. The third kappa shape index (κ3) is 5.15. The van der Waals surface area contributed by atoms with Gasteiger partial charge in [0.2, 0.25) is 10.0 Å². The van der Waals surface area contributed by atoms with Crippen molar-refractivity contribution in [2.75, 3.05) is 39.5 Å². The third-order valence-corrected chi connectivity index (χ3v) is 8.19. The SMILES string of the molecule is O=C(c1cc(S(=O)(=O)N2CCOCC2)ccc1F)N(Cc1cccs1)CC1CCCO1. The Morgan fingerprint density at radius 3 is 2.71 bits per heavy atom. The molecule has 2 aliphatic heterocycles. The number of morpholine rings is 1. The summed E-state index contributed by atoms with van der Waals surface area (Å²) in [7, 11) is -3.84. The third-order valence-electron chi connectivity index (χ3n) is 5.44. The zero-order valence-corrected chi connectivity index (χ0v) is 18.7. The summed E-state index contributed by atoms with van der Waals surface area (Å²) in [6.07, 6.45) is 1.66. The molecule has 2 aliphatic rings. The number of ether oxygens (including phenoxy) is 2. The van der Waals surface area contributed by atoms with Crippen molar-refractivity contribution in [1.82, 2.24) is 9.21 Å². The van der Waals surface area contributed by atoms with Crippen LogP contribution >= 0.6 is 11.3 Å². The van der Waals surface area contributed by atoms with Crippen LogP contribution in [0.25, 0.3) is 0 Å². The fraction of sp³-hybridized carbons (Fsp3) is 0.476. The van der Waals surface area contributed by atoms with E-state index in [9.17, 15) is 17.6 Å². The second-order valence-electron chi connectivity index (χ2n) is 7.56. The smallest absolute Gasteiger partial charge is 0.257 e. The minimum absolute atomic E-state index is 0.0904. The van der Waals surface area contributed by atoms with Gasteiger partial charge in [0.15, 0.2) is 0 Å². The highest BCUT2D eigenvalue weighted by atomic mass is 32.2. The molecule has 0 N–H and O–H groups in total. The normalized spacial score (nSPS) is 20.1. The molecule has 1 amide bonds. The van der Waals surface area contributed by atoms with Gasteiger partial charge < -0.3 is 14.4 Å². The molecule has 4 rings (SSSR count). The van der Waals surface area contributed by atoms with Crippen LogP contribution in [0.3, 0.4) is 0 Å². The van der Waals surface area contributed by atoms with E-state index in [0.29, 0.717) is 32.9 Å². The molecule has 10 heteroatoms. The van der Waals surface area contributed by atoms with Crippen LogP contribution in [-0.2, 0) is 26.0 Å². The lowest BCUT2D eigenvalue weighted by Crippen LogP contribution is -2.41. The Labute approximate surface area is 185 Å². The maximum absolute atomic E-state index is 14.7. The minimum Gasteiger partial charge on any atom is -0.379 e. The summed E-state index contributed by atoms with van der Waals surface area (Å²) >= 11 is 1.51. The molecule has 31 heavy (non-hydrogen) atoms. The fourth-order valence-corrected chi connectivity index (χ4v) is 5.93. The van der Waals surface area contributed by atoms with Crippen molar-refractivity contribution in [2.45, 2.75) is 30.4 Å². The second-order valence-corrected chi connectivity index (χ2v) is 10.5. The van der Waals surface area contributed by atoms with E-state index >= 15 is 0 Å². The second kappa shape index (κ2) is 9.74. The number of rotatable bonds is 7. The highest BCUT2D eigenvalue weighted by Gasteiger charge is 2.30. The predicted molar refractivity (Wildman–Crippen MR) is 114 cm³/mol. The molecular weight excluding hydrogens is 443 g/mol. The average molecular weight is 469 g/mol. The fourth-order valence-electron chi connectivity index (χ4n) is 3.78. The summed E-state index contributed by atoms with van der Waals surface area (Å²) in [5, 5.41) is 1.92. The highest BCUT2D eigenvalue weighted by Crippen LogP contribution is 2.24. The lowest BCUT2D eigenvalue weighted by Gasteiger charge is -2.27. The first-order valence-corrected chi connectivity index (χ1v) is 12.6. The largest absolute Gasteiger partial charge is 0.379 e. The van der Waals surface area contributed by atoms with Gasteiger partial charge in [0.1, 0.15) is 5.82 Å². The van der Waals surface area contributed by atoms with E-state index in [2.05, 4.69) is 0 Å². The minimum atomic E-state index is -3.84. The van der Waals surface area contributed by atoms with Gasteiger partial charge in [-0.25, -0.2) is 12.8 Å². The number of carbonyl (C=O) groups is 1. The van der Waals surface area contributed by atoms with E-state index in [4.69, 9.17) is 9.47 Å². The van der Waals surface area contributed by atoms with Crippen molar-refractivity contribution >= 4 is 27.3 Å². The number of benzene rings is 1. The molecule has 2 fully saturated rings. The van der Waals surface area contributed by atoms with Gasteiger partial charge in [-0.1, -0.05) is 6.07 Å². The van der Waals surface area contributed by atoms with Crippen molar-refractivity contribution in [3.05, 3.63) is 52.0 Å². The van der Waals surface area contributed by atoms with Crippen LogP contribution < -0.4 is 0 Å². The highest BCUT2D eigenvalue weighted by molar-refractivity contribution is 7.89. The van der Waals surface area contributed by atoms with Crippen molar-refractivity contribution < 1.29 is 27.1 Å². The molecule has 2 saturated heterocycles. The van der Waals surface area contributed by atoms with Crippen molar-refractivity contribution in [3.8, 4) is 0 Å². The number of amides is 1. The first-order chi connectivity index (χ1) is 14.9. The van der Waals surface area contributed by atoms with E-state index in [1.165, 1.54) is 21.7 Å². The van der Waals surface area contributed by atoms with Crippen LogP contribution in [0.4, 0.5) is 4.39 Å². The standard InChI is InChI=1S/C21H25FN2O5S2/c22-20-6-5-18(31(26,27)24-7-10-28-11-8-24)13-19(20)21(25)23(14-16-3-1-9-29-16)15-17-4-2-12-30-17/h2,4-6,12-13,16H,1,3,7-11,14-15H2. The molecule has 7 nitrogen and oxygen atoms in total. The number of hydrogen-bond acceptors (Lipinski definition) is 6. The monoisotopic (exact) mass is 468 g/mol. The maximum atomic E-state index is 14.7. The predicted octanol–water partition coefficient (Wildman–Crippen LogP) is 2.73. The van der Waals surface area contributed by atoms with E-state index < -0.39 is 21.7 Å². The molecule has 0 bridgehead atoms. The van der Waals surface area contributed by atoms with Gasteiger partial charge in [0.05, 0.1) is 36.3 Å². The maximum Gasteiger partial charge on any atom is 0.257 e. The van der Waals surface area contributed by atoms with Crippen LogP contribution in [0.1, 0.15) is 28.1 Å². The quantitative estimate of drug-likeness (QED) is 0.625. The van der Waals surface area contributed by atoms with Gasteiger partial charge in [-0.05, 0) is 42.5 Å². The summed E-state index contributed by atoms with van der Waals surface area (Å²) < 4.78 is 52.9. The Morgan fingerprint density at radius 2 is 2.03 bits per heavy atom. The molecular formula is C21H25FN2O5S2. The van der Waals surface area contributed by atoms with E-state index in [1.807, 2.05) is 17.5 Å². The Kier molecular flexibility index (Phi) is 7.02. The first-order valence-electron chi connectivity index (χ1n) is 10.3. The summed E-state index contributed by atoms with van der Waals surface area (Å²) in [6.45, 7) is 2.36. The van der Waals surface area contributed by atoms with E-state index in [0.717, 1.165) is 29.9 Å². The summed E-state index contributed by atoms with van der Waals surface area (Å²) in [4.78, 5) is 15.8. The number of sulfonamides is 1. The van der Waals surface area contributed by atoms with E-state index in [-0.39, 0.29) is 29.7 Å². The van der Waals surface area contributed by atoms with Crippen LogP contribution in [0, 0.1) is 5.82 Å². The molecule has 0 aliphatic carbocycles. The summed E-state index contributed by atoms with van der Waals surface area (Å²) in [5.41, 5.74) is -0.246. The average Bonchev–Trinajstić information content (AvgIpc) is 3.48. The van der Waals surface area contributed by atoms with Crippen molar-refractivity contribution in [1.29, 1.82) is 0 Å². The number of thiophene rings is 1. The Morgan fingerprint density at radius 1 is 1.23 bits per heavy atom.